The molecule has 0 spiro atoms. The number of halogens is 1. The van der Waals surface area contributed by atoms with E-state index in [1.807, 2.05) is 0 Å². The Balaban J connectivity index is 1.77. The van der Waals surface area contributed by atoms with Gasteiger partial charge < -0.3 is 15.2 Å². The van der Waals surface area contributed by atoms with Crippen LogP contribution in [-0.2, 0) is 4.74 Å². The number of aryl methyl sites for hydroxylation is 2. The summed E-state index contributed by atoms with van der Waals surface area (Å²) < 4.78 is 6.90. The van der Waals surface area contributed by atoms with Gasteiger partial charge in [-0.05, 0) is 49.9 Å². The van der Waals surface area contributed by atoms with Crippen molar-refractivity contribution in [2.75, 3.05) is 18.5 Å². The Kier molecular flexibility index (Phi) is 6.52. The van der Waals surface area contributed by atoms with Crippen LogP contribution in [0.5, 0.6) is 0 Å². The molecule has 1 fully saturated rings. The van der Waals surface area contributed by atoms with Crippen LogP contribution in [0.2, 0.25) is 0 Å². The summed E-state index contributed by atoms with van der Waals surface area (Å²) in [5.74, 6) is 0. The number of rotatable bonds is 6. The van der Waals surface area contributed by atoms with Gasteiger partial charge in [0.05, 0.1) is 18.8 Å². The van der Waals surface area contributed by atoms with E-state index in [4.69, 9.17) is 4.74 Å². The lowest BCUT2D eigenvalue weighted by atomic mass is 9.98. The second-order valence-corrected chi connectivity index (χ2v) is 6.96. The Morgan fingerprint density at radius 3 is 2.48 bits per heavy atom. The molecule has 0 bridgehead atoms. The zero-order valence-corrected chi connectivity index (χ0v) is 14.6. The molecule has 0 heterocycles. The third-order valence-electron chi connectivity index (χ3n) is 4.09. The Bertz CT molecular complexity index is 435. The van der Waals surface area contributed by atoms with Crippen LogP contribution in [0.4, 0.5) is 5.69 Å². The fourth-order valence-corrected chi connectivity index (χ4v) is 3.63. The van der Waals surface area contributed by atoms with Gasteiger partial charge >= 0.3 is 0 Å². The number of aliphatic hydroxyl groups excluding tert-OH is 1. The molecule has 118 valence electrons. The number of hydrogen-bond acceptors (Lipinski definition) is 3. The van der Waals surface area contributed by atoms with Crippen LogP contribution in [0.15, 0.2) is 16.6 Å². The van der Waals surface area contributed by atoms with Gasteiger partial charge in [0.25, 0.3) is 0 Å². The second-order valence-electron chi connectivity index (χ2n) is 6.04. The topological polar surface area (TPSA) is 41.5 Å². The number of hydrogen-bond donors (Lipinski definition) is 2. The maximum atomic E-state index is 10.1. The van der Waals surface area contributed by atoms with Gasteiger partial charge in [-0.15, -0.1) is 0 Å². The van der Waals surface area contributed by atoms with Crippen molar-refractivity contribution < 1.29 is 9.84 Å². The van der Waals surface area contributed by atoms with E-state index in [2.05, 4.69) is 47.2 Å². The SMILES string of the molecule is Cc1cc(Br)cc(C)c1NCC(O)COC1CCCCC1. The molecule has 3 nitrogen and oxygen atoms in total. The highest BCUT2D eigenvalue weighted by Gasteiger charge is 2.15. The van der Waals surface area contributed by atoms with Crippen molar-refractivity contribution in [2.45, 2.75) is 58.2 Å². The smallest absolute Gasteiger partial charge is 0.0945 e. The van der Waals surface area contributed by atoms with Crippen molar-refractivity contribution >= 4 is 21.6 Å². The first-order chi connectivity index (χ1) is 10.1. The Morgan fingerprint density at radius 2 is 1.86 bits per heavy atom. The highest BCUT2D eigenvalue weighted by Crippen LogP contribution is 2.25. The lowest BCUT2D eigenvalue weighted by Gasteiger charge is -2.24. The Morgan fingerprint density at radius 1 is 1.24 bits per heavy atom. The highest BCUT2D eigenvalue weighted by atomic mass is 79.9. The number of nitrogens with one attached hydrogen (secondary N) is 1. The molecule has 1 aromatic rings. The molecule has 1 aromatic carbocycles. The lowest BCUT2D eigenvalue weighted by molar-refractivity contribution is -0.0195. The van der Waals surface area contributed by atoms with E-state index in [-0.39, 0.29) is 0 Å². The number of ether oxygens (including phenoxy) is 1. The molecular formula is C17H26BrNO2. The van der Waals surface area contributed by atoms with E-state index >= 15 is 0 Å². The van der Waals surface area contributed by atoms with Crippen molar-refractivity contribution in [3.63, 3.8) is 0 Å². The fraction of sp³-hybridized carbons (Fsp3) is 0.647. The van der Waals surface area contributed by atoms with Gasteiger partial charge in [-0.2, -0.15) is 0 Å². The van der Waals surface area contributed by atoms with Crippen LogP contribution in [0.3, 0.4) is 0 Å². The third-order valence-corrected chi connectivity index (χ3v) is 4.55. The summed E-state index contributed by atoms with van der Waals surface area (Å²) in [6.45, 7) is 5.10. The van der Waals surface area contributed by atoms with Gasteiger partial charge in [0.2, 0.25) is 0 Å². The standard InChI is InChI=1S/C17H26BrNO2/c1-12-8-14(18)9-13(2)17(12)19-10-15(20)11-21-16-6-4-3-5-7-16/h8-9,15-16,19-20H,3-7,10-11H2,1-2H3. The minimum atomic E-state index is -0.464. The van der Waals surface area contributed by atoms with Gasteiger partial charge in [-0.1, -0.05) is 35.2 Å². The van der Waals surface area contributed by atoms with E-state index in [9.17, 15) is 5.11 Å². The number of benzene rings is 1. The first-order valence-electron chi connectivity index (χ1n) is 7.86. The minimum Gasteiger partial charge on any atom is -0.389 e. The van der Waals surface area contributed by atoms with Gasteiger partial charge in [-0.3, -0.25) is 0 Å². The molecule has 1 aliphatic carbocycles. The molecule has 4 heteroatoms. The predicted octanol–water partition coefficient (Wildman–Crippen LogP) is 4.19. The summed E-state index contributed by atoms with van der Waals surface area (Å²) in [7, 11) is 0. The largest absolute Gasteiger partial charge is 0.389 e. The summed E-state index contributed by atoms with van der Waals surface area (Å²) in [5.41, 5.74) is 3.47. The molecule has 1 atom stereocenters. The van der Waals surface area contributed by atoms with Crippen LogP contribution in [0.1, 0.15) is 43.2 Å². The van der Waals surface area contributed by atoms with Crippen LogP contribution in [0, 0.1) is 13.8 Å². The first-order valence-corrected chi connectivity index (χ1v) is 8.66. The van der Waals surface area contributed by atoms with Crippen molar-refractivity contribution in [1.29, 1.82) is 0 Å². The molecule has 1 unspecified atom stereocenters. The summed E-state index contributed by atoms with van der Waals surface area (Å²) in [4.78, 5) is 0. The quantitative estimate of drug-likeness (QED) is 0.803. The zero-order chi connectivity index (χ0) is 15.2. The van der Waals surface area contributed by atoms with Crippen molar-refractivity contribution in [1.82, 2.24) is 0 Å². The maximum absolute atomic E-state index is 10.1. The van der Waals surface area contributed by atoms with Crippen LogP contribution in [0.25, 0.3) is 0 Å². The Hall–Kier alpha value is -0.580. The summed E-state index contributed by atoms with van der Waals surface area (Å²) in [6.07, 6.45) is 6.02. The number of anilines is 1. The van der Waals surface area contributed by atoms with Crippen LogP contribution < -0.4 is 5.32 Å². The van der Waals surface area contributed by atoms with E-state index in [1.165, 1.54) is 30.4 Å². The van der Waals surface area contributed by atoms with Gasteiger partial charge in [-0.25, -0.2) is 0 Å². The van der Waals surface area contributed by atoms with Gasteiger partial charge in [0.1, 0.15) is 0 Å². The van der Waals surface area contributed by atoms with Gasteiger partial charge in [0.15, 0.2) is 0 Å². The summed E-state index contributed by atoms with van der Waals surface area (Å²) in [5, 5.41) is 13.4. The summed E-state index contributed by atoms with van der Waals surface area (Å²) >= 11 is 3.50. The number of aliphatic hydroxyl groups is 1. The molecule has 2 N–H and O–H groups in total. The molecule has 0 saturated heterocycles. The Labute approximate surface area is 136 Å². The molecule has 0 amide bonds. The maximum Gasteiger partial charge on any atom is 0.0945 e. The van der Waals surface area contributed by atoms with E-state index in [0.29, 0.717) is 19.3 Å². The van der Waals surface area contributed by atoms with Crippen LogP contribution >= 0.6 is 15.9 Å². The van der Waals surface area contributed by atoms with Crippen molar-refractivity contribution in [3.05, 3.63) is 27.7 Å². The van der Waals surface area contributed by atoms with Crippen molar-refractivity contribution in [2.24, 2.45) is 0 Å². The van der Waals surface area contributed by atoms with E-state index in [1.54, 1.807) is 0 Å². The summed E-state index contributed by atoms with van der Waals surface area (Å²) in [6, 6.07) is 4.17. The monoisotopic (exact) mass is 355 g/mol. The molecule has 0 radical (unpaired) electrons. The molecule has 0 aliphatic heterocycles. The van der Waals surface area contributed by atoms with Crippen LogP contribution in [-0.4, -0.2) is 30.5 Å². The molecule has 1 saturated carbocycles. The second kappa shape index (κ2) is 8.16. The molecule has 0 aromatic heterocycles. The molecule has 1 aliphatic rings. The van der Waals surface area contributed by atoms with E-state index in [0.717, 1.165) is 23.0 Å². The van der Waals surface area contributed by atoms with E-state index < -0.39 is 6.10 Å². The minimum absolute atomic E-state index is 0.351. The first kappa shape index (κ1) is 16.8. The fourth-order valence-electron chi connectivity index (χ4n) is 2.95. The molecule has 21 heavy (non-hydrogen) atoms. The lowest BCUT2D eigenvalue weighted by Crippen LogP contribution is -2.29. The van der Waals surface area contributed by atoms with Gasteiger partial charge in [0, 0.05) is 16.7 Å². The third kappa shape index (κ3) is 5.28. The average molecular weight is 356 g/mol. The molecule has 2 rings (SSSR count). The predicted molar refractivity (Wildman–Crippen MR) is 90.9 cm³/mol. The molecular weight excluding hydrogens is 330 g/mol. The normalized spacial score (nSPS) is 17.7. The highest BCUT2D eigenvalue weighted by molar-refractivity contribution is 9.10. The average Bonchev–Trinajstić information content (AvgIpc) is 2.45. The zero-order valence-electron chi connectivity index (χ0n) is 13.0. The van der Waals surface area contributed by atoms with Crippen molar-refractivity contribution in [3.8, 4) is 0 Å².